The highest BCUT2D eigenvalue weighted by Gasteiger charge is 2.22. The van der Waals surface area contributed by atoms with Crippen molar-refractivity contribution in [1.82, 2.24) is 0 Å². The summed E-state index contributed by atoms with van der Waals surface area (Å²) in [6.45, 7) is 6.64. The van der Waals surface area contributed by atoms with E-state index in [9.17, 15) is 4.79 Å². The van der Waals surface area contributed by atoms with Crippen LogP contribution in [0.2, 0.25) is 0 Å². The van der Waals surface area contributed by atoms with Gasteiger partial charge in [-0.05, 0) is 35.9 Å². The van der Waals surface area contributed by atoms with Gasteiger partial charge in [-0.1, -0.05) is 75.4 Å². The fourth-order valence-corrected chi connectivity index (χ4v) is 3.63. The number of benzene rings is 3. The van der Waals surface area contributed by atoms with Crippen molar-refractivity contribution < 1.29 is 4.79 Å². The van der Waals surface area contributed by atoms with Crippen LogP contribution in [0.4, 0.5) is 11.4 Å². The zero-order valence-electron chi connectivity index (χ0n) is 16.1. The average molecular weight is 376 g/mol. The molecule has 3 aromatic carbocycles. The molecule has 2 nitrogen and oxygen atoms in total. The molecule has 1 amide bonds. The molecule has 0 aliphatic carbocycles. The average Bonchev–Trinajstić information content (AvgIpc) is 2.68. The van der Waals surface area contributed by atoms with Crippen molar-refractivity contribution >= 4 is 29.0 Å². The first kappa shape index (κ1) is 19.2. The Morgan fingerprint density at radius 3 is 2.00 bits per heavy atom. The maximum absolute atomic E-state index is 13.4. The van der Waals surface area contributed by atoms with E-state index in [1.165, 1.54) is 0 Å². The monoisotopic (exact) mass is 375 g/mol. The number of carbonyl (C=O) groups is 1. The lowest BCUT2D eigenvalue weighted by Gasteiger charge is -2.27. The summed E-state index contributed by atoms with van der Waals surface area (Å²) in [5.41, 5.74) is 3.65. The molecule has 3 aromatic rings. The summed E-state index contributed by atoms with van der Waals surface area (Å²) in [5.74, 6) is 0.834. The van der Waals surface area contributed by atoms with Gasteiger partial charge in [-0.3, -0.25) is 9.69 Å². The molecular weight excluding hydrogens is 350 g/mol. The van der Waals surface area contributed by atoms with Crippen molar-refractivity contribution in [2.45, 2.75) is 31.3 Å². The minimum atomic E-state index is -0.0185. The van der Waals surface area contributed by atoms with E-state index in [-0.39, 0.29) is 10.7 Å². The van der Waals surface area contributed by atoms with Crippen molar-refractivity contribution in [2.24, 2.45) is 0 Å². The van der Waals surface area contributed by atoms with Gasteiger partial charge >= 0.3 is 0 Å². The largest absolute Gasteiger partial charge is 0.277 e. The molecule has 3 heteroatoms. The number of anilines is 2. The van der Waals surface area contributed by atoms with E-state index >= 15 is 0 Å². The number of carbonyl (C=O) groups excluding carboxylic acids is 1. The zero-order chi connectivity index (χ0) is 19.3. The molecule has 0 saturated heterocycles. The molecule has 0 aliphatic heterocycles. The molecule has 3 rings (SSSR count). The normalized spacial score (nSPS) is 11.2. The van der Waals surface area contributed by atoms with E-state index in [0.29, 0.717) is 5.56 Å². The molecule has 0 aliphatic rings. The number of para-hydroxylation sites is 2. The Morgan fingerprint density at radius 1 is 0.815 bits per heavy atom. The van der Waals surface area contributed by atoms with Crippen LogP contribution >= 0.6 is 11.8 Å². The maximum Gasteiger partial charge on any atom is 0.262 e. The van der Waals surface area contributed by atoms with Crippen LogP contribution in [0.3, 0.4) is 0 Å². The van der Waals surface area contributed by atoms with Crippen LogP contribution < -0.4 is 4.90 Å². The minimum Gasteiger partial charge on any atom is -0.277 e. The van der Waals surface area contributed by atoms with Crippen molar-refractivity contribution in [3.63, 3.8) is 0 Å². The minimum absolute atomic E-state index is 0.0185. The standard InChI is InChI=1S/C24H25NOS/c1-24(2,3)27-18-20-14-10-11-17-22(20)25(21-15-8-5-9-16-21)23(26)19-12-6-4-7-13-19/h4-17H,18H2,1-3H3. The Labute approximate surface area is 166 Å². The summed E-state index contributed by atoms with van der Waals surface area (Å²) in [6, 6.07) is 27.5. The fourth-order valence-electron chi connectivity index (χ4n) is 2.80. The molecule has 0 heterocycles. The third-order valence-corrected chi connectivity index (χ3v) is 5.45. The maximum atomic E-state index is 13.4. The lowest BCUT2D eigenvalue weighted by Crippen LogP contribution is -2.27. The summed E-state index contributed by atoms with van der Waals surface area (Å²) in [4.78, 5) is 15.2. The third kappa shape index (κ3) is 5.01. The van der Waals surface area contributed by atoms with Crippen molar-refractivity contribution in [3.8, 4) is 0 Å². The van der Waals surface area contributed by atoms with Crippen LogP contribution in [0.25, 0.3) is 0 Å². The first-order valence-electron chi connectivity index (χ1n) is 9.12. The third-order valence-electron chi connectivity index (χ3n) is 4.13. The SMILES string of the molecule is CC(C)(C)SCc1ccccc1N(C(=O)c1ccccc1)c1ccccc1. The van der Waals surface area contributed by atoms with E-state index < -0.39 is 0 Å². The molecule has 0 saturated carbocycles. The Kier molecular flexibility index (Phi) is 6.02. The number of nitrogens with zero attached hydrogens (tertiary/aromatic N) is 1. The number of hydrogen-bond donors (Lipinski definition) is 0. The van der Waals surface area contributed by atoms with Crippen LogP contribution in [0.15, 0.2) is 84.9 Å². The number of rotatable bonds is 5. The van der Waals surface area contributed by atoms with Crippen LogP contribution in [0.5, 0.6) is 0 Å². The van der Waals surface area contributed by atoms with Gasteiger partial charge in [0.15, 0.2) is 0 Å². The summed E-state index contributed by atoms with van der Waals surface area (Å²) < 4.78 is 0.161. The Balaban J connectivity index is 2.06. The van der Waals surface area contributed by atoms with E-state index in [2.05, 4.69) is 26.8 Å². The second kappa shape index (κ2) is 8.45. The molecule has 138 valence electrons. The van der Waals surface area contributed by atoms with Gasteiger partial charge in [0.05, 0.1) is 5.69 Å². The van der Waals surface area contributed by atoms with E-state index in [0.717, 1.165) is 22.7 Å². The topological polar surface area (TPSA) is 20.3 Å². The molecule has 0 aromatic heterocycles. The molecule has 0 radical (unpaired) electrons. The molecule has 0 fully saturated rings. The van der Waals surface area contributed by atoms with Crippen LogP contribution in [-0.2, 0) is 5.75 Å². The van der Waals surface area contributed by atoms with Gasteiger partial charge < -0.3 is 0 Å². The lowest BCUT2D eigenvalue weighted by atomic mass is 10.1. The second-order valence-electron chi connectivity index (χ2n) is 7.37. The van der Waals surface area contributed by atoms with Crippen molar-refractivity contribution in [3.05, 3.63) is 96.1 Å². The molecular formula is C24H25NOS. The van der Waals surface area contributed by atoms with Crippen LogP contribution in [0.1, 0.15) is 36.7 Å². The summed E-state index contributed by atoms with van der Waals surface area (Å²) in [6.07, 6.45) is 0. The zero-order valence-corrected chi connectivity index (χ0v) is 16.9. The predicted molar refractivity (Wildman–Crippen MR) is 117 cm³/mol. The smallest absolute Gasteiger partial charge is 0.262 e. The van der Waals surface area contributed by atoms with Gasteiger partial charge in [0.2, 0.25) is 0 Å². The second-order valence-corrected chi connectivity index (χ2v) is 9.17. The van der Waals surface area contributed by atoms with Crippen molar-refractivity contribution in [2.75, 3.05) is 4.90 Å². The molecule has 0 bridgehead atoms. The summed E-state index contributed by atoms with van der Waals surface area (Å²) in [7, 11) is 0. The quantitative estimate of drug-likeness (QED) is 0.495. The van der Waals surface area contributed by atoms with Crippen LogP contribution in [0, 0.1) is 0 Å². The lowest BCUT2D eigenvalue weighted by molar-refractivity contribution is 0.0999. The highest BCUT2D eigenvalue weighted by Crippen LogP contribution is 2.35. The molecule has 0 N–H and O–H groups in total. The van der Waals surface area contributed by atoms with Crippen LogP contribution in [-0.4, -0.2) is 10.7 Å². The first-order valence-corrected chi connectivity index (χ1v) is 10.1. The number of amides is 1. The van der Waals surface area contributed by atoms with Gasteiger partial charge in [0.1, 0.15) is 0 Å². The van der Waals surface area contributed by atoms with E-state index in [1.807, 2.05) is 95.5 Å². The fraction of sp³-hybridized carbons (Fsp3) is 0.208. The van der Waals surface area contributed by atoms with Crippen molar-refractivity contribution in [1.29, 1.82) is 0 Å². The Bertz CT molecular complexity index is 885. The highest BCUT2D eigenvalue weighted by atomic mass is 32.2. The van der Waals surface area contributed by atoms with Gasteiger partial charge in [-0.25, -0.2) is 0 Å². The summed E-state index contributed by atoms with van der Waals surface area (Å²) in [5, 5.41) is 0. The van der Waals surface area contributed by atoms with E-state index in [1.54, 1.807) is 0 Å². The highest BCUT2D eigenvalue weighted by molar-refractivity contribution is 7.99. The number of thioether (sulfide) groups is 1. The molecule has 0 spiro atoms. The number of hydrogen-bond acceptors (Lipinski definition) is 2. The molecule has 0 atom stereocenters. The van der Waals surface area contributed by atoms with Gasteiger partial charge in [-0.15, -0.1) is 0 Å². The Morgan fingerprint density at radius 2 is 1.37 bits per heavy atom. The Hall–Kier alpha value is -2.52. The summed E-state index contributed by atoms with van der Waals surface area (Å²) >= 11 is 1.88. The van der Waals surface area contributed by atoms with Gasteiger partial charge in [-0.2, -0.15) is 11.8 Å². The van der Waals surface area contributed by atoms with Gasteiger partial charge in [0.25, 0.3) is 5.91 Å². The molecule has 27 heavy (non-hydrogen) atoms. The van der Waals surface area contributed by atoms with E-state index in [4.69, 9.17) is 0 Å². The first-order chi connectivity index (χ1) is 13.0. The van der Waals surface area contributed by atoms with Gasteiger partial charge in [0, 0.05) is 21.8 Å². The molecule has 0 unspecified atom stereocenters. The predicted octanol–water partition coefficient (Wildman–Crippen LogP) is 6.70.